The number of carbonyl (C=O) groups is 1. The Morgan fingerprint density at radius 2 is 1.62 bits per heavy atom. The van der Waals surface area contributed by atoms with Crippen LogP contribution in [0.4, 0.5) is 10.5 Å². The van der Waals surface area contributed by atoms with Gasteiger partial charge in [-0.25, -0.2) is 4.79 Å². The summed E-state index contributed by atoms with van der Waals surface area (Å²) in [6, 6.07) is 14.1. The molecule has 0 aliphatic heterocycles. The SMILES string of the molecule is O=C(NCCc1ccc(O)cc1)Oc1ccc(N(CCCl)CCCl)cc1. The molecule has 2 rings (SSSR count). The lowest BCUT2D eigenvalue weighted by atomic mass is 10.1. The Labute approximate surface area is 163 Å². The highest BCUT2D eigenvalue weighted by molar-refractivity contribution is 6.18. The Morgan fingerprint density at radius 3 is 2.19 bits per heavy atom. The van der Waals surface area contributed by atoms with Crippen LogP contribution in [0.5, 0.6) is 11.5 Å². The Bertz CT molecular complexity index is 672. The Balaban J connectivity index is 1.80. The van der Waals surface area contributed by atoms with Gasteiger partial charge in [-0.15, -0.1) is 23.2 Å². The summed E-state index contributed by atoms with van der Waals surface area (Å²) in [5.41, 5.74) is 2.00. The third-order valence-electron chi connectivity index (χ3n) is 3.74. The summed E-state index contributed by atoms with van der Waals surface area (Å²) >= 11 is 11.6. The molecule has 1 amide bonds. The average Bonchev–Trinajstić information content (AvgIpc) is 2.64. The van der Waals surface area contributed by atoms with Crippen molar-refractivity contribution in [2.24, 2.45) is 0 Å². The zero-order valence-corrected chi connectivity index (χ0v) is 15.8. The molecule has 0 heterocycles. The molecule has 0 aliphatic carbocycles. The van der Waals surface area contributed by atoms with Gasteiger partial charge in [0.25, 0.3) is 0 Å². The third kappa shape index (κ3) is 6.65. The highest BCUT2D eigenvalue weighted by atomic mass is 35.5. The number of rotatable bonds is 9. The number of hydrogen-bond acceptors (Lipinski definition) is 4. The fourth-order valence-corrected chi connectivity index (χ4v) is 2.82. The summed E-state index contributed by atoms with van der Waals surface area (Å²) in [7, 11) is 0. The summed E-state index contributed by atoms with van der Waals surface area (Å²) < 4.78 is 5.27. The van der Waals surface area contributed by atoms with Crippen LogP contribution in [0.2, 0.25) is 0 Å². The highest BCUT2D eigenvalue weighted by Gasteiger charge is 2.08. The summed E-state index contributed by atoms with van der Waals surface area (Å²) in [6.07, 6.45) is 0.148. The minimum absolute atomic E-state index is 0.222. The molecular weight excluding hydrogens is 375 g/mol. The quantitative estimate of drug-likeness (QED) is 0.628. The van der Waals surface area contributed by atoms with E-state index in [1.807, 2.05) is 24.3 Å². The van der Waals surface area contributed by atoms with Crippen molar-refractivity contribution in [2.75, 3.05) is 36.3 Å². The van der Waals surface area contributed by atoms with E-state index < -0.39 is 6.09 Å². The summed E-state index contributed by atoms with van der Waals surface area (Å²) in [6.45, 7) is 1.85. The number of carbonyl (C=O) groups excluding carboxylic acids is 1. The number of amides is 1. The van der Waals surface area contributed by atoms with E-state index in [0.717, 1.165) is 11.3 Å². The average molecular weight is 397 g/mol. The highest BCUT2D eigenvalue weighted by Crippen LogP contribution is 2.19. The van der Waals surface area contributed by atoms with Crippen molar-refractivity contribution in [3.8, 4) is 11.5 Å². The number of phenolic OH excluding ortho intramolecular Hbond substituents is 1. The number of phenols is 1. The summed E-state index contributed by atoms with van der Waals surface area (Å²) in [4.78, 5) is 13.9. The molecule has 2 N–H and O–H groups in total. The van der Waals surface area contributed by atoms with Crippen molar-refractivity contribution in [3.05, 3.63) is 54.1 Å². The minimum atomic E-state index is -0.505. The normalized spacial score (nSPS) is 10.4. The lowest BCUT2D eigenvalue weighted by molar-refractivity contribution is 0.200. The van der Waals surface area contributed by atoms with Crippen molar-refractivity contribution in [1.29, 1.82) is 0 Å². The number of halogens is 2. The van der Waals surface area contributed by atoms with Gasteiger partial charge in [-0.1, -0.05) is 12.1 Å². The van der Waals surface area contributed by atoms with Crippen LogP contribution in [0.1, 0.15) is 5.56 Å². The predicted molar refractivity (Wildman–Crippen MR) is 106 cm³/mol. The van der Waals surface area contributed by atoms with Crippen LogP contribution in [0.15, 0.2) is 48.5 Å². The second-order valence-corrected chi connectivity index (χ2v) is 6.35. The van der Waals surface area contributed by atoms with E-state index in [9.17, 15) is 9.90 Å². The first-order chi connectivity index (χ1) is 12.6. The van der Waals surface area contributed by atoms with E-state index in [2.05, 4.69) is 10.2 Å². The molecule has 0 saturated carbocycles. The first-order valence-electron chi connectivity index (χ1n) is 8.33. The van der Waals surface area contributed by atoms with Gasteiger partial charge in [0.15, 0.2) is 0 Å². The molecule has 0 aromatic heterocycles. The topological polar surface area (TPSA) is 61.8 Å². The fourth-order valence-electron chi connectivity index (χ4n) is 2.41. The molecule has 0 atom stereocenters. The predicted octanol–water partition coefficient (Wildman–Crippen LogP) is 4.01. The molecule has 2 aromatic rings. The Hall–Kier alpha value is -2.11. The second-order valence-electron chi connectivity index (χ2n) is 5.59. The van der Waals surface area contributed by atoms with Gasteiger partial charge in [0.05, 0.1) is 0 Å². The van der Waals surface area contributed by atoms with Crippen LogP contribution in [-0.2, 0) is 6.42 Å². The van der Waals surface area contributed by atoms with E-state index in [4.69, 9.17) is 27.9 Å². The standard InChI is InChI=1S/C19H22Cl2N2O3/c20-10-13-23(14-11-21)16-3-7-18(8-4-16)26-19(25)22-12-9-15-1-5-17(24)6-2-15/h1-8,24H,9-14H2,(H,22,25). The molecule has 0 bridgehead atoms. The Kier molecular flexibility index (Phi) is 8.38. The molecule has 0 unspecified atom stereocenters. The van der Waals surface area contributed by atoms with Crippen LogP contribution in [0.3, 0.4) is 0 Å². The van der Waals surface area contributed by atoms with Crippen LogP contribution < -0.4 is 15.0 Å². The molecule has 5 nitrogen and oxygen atoms in total. The maximum atomic E-state index is 11.9. The molecular formula is C19H22Cl2N2O3. The molecule has 0 saturated heterocycles. The smallest absolute Gasteiger partial charge is 0.412 e. The van der Waals surface area contributed by atoms with Gasteiger partial charge in [-0.05, 0) is 48.4 Å². The van der Waals surface area contributed by atoms with Gasteiger partial charge in [0, 0.05) is 37.1 Å². The van der Waals surface area contributed by atoms with Crippen molar-refractivity contribution in [3.63, 3.8) is 0 Å². The first-order valence-corrected chi connectivity index (χ1v) is 9.40. The van der Waals surface area contributed by atoms with Gasteiger partial charge in [-0.3, -0.25) is 0 Å². The van der Waals surface area contributed by atoms with Crippen LogP contribution in [0.25, 0.3) is 0 Å². The largest absolute Gasteiger partial charge is 0.508 e. The number of hydrogen-bond donors (Lipinski definition) is 2. The number of nitrogens with zero attached hydrogens (tertiary/aromatic N) is 1. The molecule has 0 spiro atoms. The summed E-state index contributed by atoms with van der Waals surface area (Å²) in [5, 5.41) is 11.9. The molecule has 140 valence electrons. The molecule has 0 aliphatic rings. The fraction of sp³-hybridized carbons (Fsp3) is 0.316. The van der Waals surface area contributed by atoms with Gasteiger partial charge >= 0.3 is 6.09 Å². The second kappa shape index (κ2) is 10.8. The number of benzene rings is 2. The lowest BCUT2D eigenvalue weighted by Crippen LogP contribution is -2.29. The van der Waals surface area contributed by atoms with E-state index in [-0.39, 0.29) is 5.75 Å². The van der Waals surface area contributed by atoms with Crippen LogP contribution >= 0.6 is 23.2 Å². The maximum absolute atomic E-state index is 11.9. The molecule has 7 heteroatoms. The first kappa shape index (κ1) is 20.2. The zero-order valence-electron chi connectivity index (χ0n) is 14.3. The van der Waals surface area contributed by atoms with Crippen molar-refractivity contribution >= 4 is 35.0 Å². The van der Waals surface area contributed by atoms with Crippen molar-refractivity contribution in [2.45, 2.75) is 6.42 Å². The molecule has 2 aromatic carbocycles. The van der Waals surface area contributed by atoms with Crippen LogP contribution in [0, 0.1) is 0 Å². The number of anilines is 1. The van der Waals surface area contributed by atoms with Gasteiger partial charge in [0.1, 0.15) is 11.5 Å². The van der Waals surface area contributed by atoms with E-state index in [0.29, 0.717) is 43.6 Å². The van der Waals surface area contributed by atoms with Crippen LogP contribution in [-0.4, -0.2) is 42.6 Å². The number of alkyl halides is 2. The maximum Gasteiger partial charge on any atom is 0.412 e. The number of nitrogens with one attached hydrogen (secondary N) is 1. The lowest BCUT2D eigenvalue weighted by Gasteiger charge is -2.22. The van der Waals surface area contributed by atoms with Crippen molar-refractivity contribution < 1.29 is 14.6 Å². The van der Waals surface area contributed by atoms with Crippen molar-refractivity contribution in [1.82, 2.24) is 5.32 Å². The molecule has 26 heavy (non-hydrogen) atoms. The Morgan fingerprint density at radius 1 is 1.00 bits per heavy atom. The van der Waals surface area contributed by atoms with E-state index in [1.54, 1.807) is 24.3 Å². The molecule has 0 radical (unpaired) electrons. The van der Waals surface area contributed by atoms with E-state index >= 15 is 0 Å². The zero-order chi connectivity index (χ0) is 18.8. The van der Waals surface area contributed by atoms with Gasteiger partial charge in [-0.2, -0.15) is 0 Å². The van der Waals surface area contributed by atoms with Gasteiger partial charge < -0.3 is 20.1 Å². The summed E-state index contributed by atoms with van der Waals surface area (Å²) in [5.74, 6) is 1.71. The van der Waals surface area contributed by atoms with E-state index in [1.165, 1.54) is 0 Å². The molecule has 0 fully saturated rings. The number of aromatic hydroxyl groups is 1. The van der Waals surface area contributed by atoms with Gasteiger partial charge in [0.2, 0.25) is 0 Å². The monoisotopic (exact) mass is 396 g/mol. The minimum Gasteiger partial charge on any atom is -0.508 e. The third-order valence-corrected chi connectivity index (χ3v) is 4.08. The number of ether oxygens (including phenoxy) is 1.